The minimum absolute atomic E-state index is 0.492. The highest BCUT2D eigenvalue weighted by atomic mass is 16.5. The number of rotatable bonds is 7. The lowest BCUT2D eigenvalue weighted by atomic mass is 10.1. The number of hydrogen-bond acceptors (Lipinski definition) is 3. The first kappa shape index (κ1) is 13.0. The van der Waals surface area contributed by atoms with Gasteiger partial charge >= 0.3 is 0 Å². The summed E-state index contributed by atoms with van der Waals surface area (Å²) in [5, 5.41) is 0. The van der Waals surface area contributed by atoms with Crippen molar-refractivity contribution in [3.05, 3.63) is 29.3 Å². The molecule has 0 spiro atoms. The van der Waals surface area contributed by atoms with E-state index in [0.29, 0.717) is 13.2 Å². The predicted octanol–water partition coefficient (Wildman–Crippen LogP) is 2.47. The van der Waals surface area contributed by atoms with Crippen LogP contribution in [0.5, 0.6) is 5.75 Å². The van der Waals surface area contributed by atoms with Gasteiger partial charge in [0.2, 0.25) is 0 Å². The van der Waals surface area contributed by atoms with E-state index in [9.17, 15) is 0 Å². The van der Waals surface area contributed by atoms with Crippen molar-refractivity contribution in [2.75, 3.05) is 13.7 Å². The van der Waals surface area contributed by atoms with E-state index in [2.05, 4.69) is 6.92 Å². The molecule has 0 fully saturated rings. The van der Waals surface area contributed by atoms with Gasteiger partial charge in [0.25, 0.3) is 0 Å². The Morgan fingerprint density at radius 2 is 2.12 bits per heavy atom. The van der Waals surface area contributed by atoms with Gasteiger partial charge < -0.3 is 15.2 Å². The zero-order valence-electron chi connectivity index (χ0n) is 10.2. The van der Waals surface area contributed by atoms with Crippen molar-refractivity contribution in [3.8, 4) is 5.75 Å². The van der Waals surface area contributed by atoms with Gasteiger partial charge in [-0.25, -0.2) is 0 Å². The van der Waals surface area contributed by atoms with E-state index in [4.69, 9.17) is 15.2 Å². The second kappa shape index (κ2) is 7.25. The molecule has 2 N–H and O–H groups in total. The molecule has 0 heterocycles. The van der Waals surface area contributed by atoms with Crippen LogP contribution in [0, 0.1) is 0 Å². The second-order valence-electron chi connectivity index (χ2n) is 3.76. The maximum atomic E-state index is 5.65. The molecule has 0 amide bonds. The standard InChI is InChI=1S/C13H21NO2/c1-3-4-7-16-10-11-5-6-13(15-2)12(8-11)9-14/h5-6,8H,3-4,7,9-10,14H2,1-2H3. The van der Waals surface area contributed by atoms with Crippen LogP contribution in [0.3, 0.4) is 0 Å². The zero-order chi connectivity index (χ0) is 11.8. The van der Waals surface area contributed by atoms with Crippen molar-refractivity contribution in [1.82, 2.24) is 0 Å². The molecule has 0 atom stereocenters. The maximum Gasteiger partial charge on any atom is 0.123 e. The van der Waals surface area contributed by atoms with Gasteiger partial charge in [-0.3, -0.25) is 0 Å². The van der Waals surface area contributed by atoms with Crippen LogP contribution in [0.2, 0.25) is 0 Å². The zero-order valence-corrected chi connectivity index (χ0v) is 10.2. The van der Waals surface area contributed by atoms with E-state index in [0.717, 1.165) is 36.3 Å². The third kappa shape index (κ3) is 3.83. The lowest BCUT2D eigenvalue weighted by Crippen LogP contribution is -2.02. The molecule has 1 aromatic rings. The van der Waals surface area contributed by atoms with E-state index >= 15 is 0 Å². The number of benzene rings is 1. The highest BCUT2D eigenvalue weighted by Crippen LogP contribution is 2.19. The Morgan fingerprint density at radius 3 is 2.75 bits per heavy atom. The molecular weight excluding hydrogens is 202 g/mol. The summed E-state index contributed by atoms with van der Waals surface area (Å²) in [6.45, 7) is 4.12. The van der Waals surface area contributed by atoms with Crippen LogP contribution >= 0.6 is 0 Å². The quantitative estimate of drug-likeness (QED) is 0.722. The van der Waals surface area contributed by atoms with Crippen LogP contribution in [0.25, 0.3) is 0 Å². The van der Waals surface area contributed by atoms with Gasteiger partial charge in [-0.2, -0.15) is 0 Å². The van der Waals surface area contributed by atoms with Crippen molar-refractivity contribution in [1.29, 1.82) is 0 Å². The summed E-state index contributed by atoms with van der Waals surface area (Å²) >= 11 is 0. The molecule has 0 radical (unpaired) electrons. The third-order valence-corrected chi connectivity index (χ3v) is 2.48. The Labute approximate surface area is 97.6 Å². The van der Waals surface area contributed by atoms with Gasteiger partial charge in [-0.1, -0.05) is 19.4 Å². The summed E-state index contributed by atoms with van der Waals surface area (Å²) in [5.41, 5.74) is 7.83. The minimum Gasteiger partial charge on any atom is -0.496 e. The smallest absolute Gasteiger partial charge is 0.123 e. The average Bonchev–Trinajstić information content (AvgIpc) is 2.34. The van der Waals surface area contributed by atoms with Gasteiger partial charge in [0.05, 0.1) is 13.7 Å². The van der Waals surface area contributed by atoms with Gasteiger partial charge in [0.15, 0.2) is 0 Å². The monoisotopic (exact) mass is 223 g/mol. The molecule has 3 heteroatoms. The third-order valence-electron chi connectivity index (χ3n) is 2.48. The number of nitrogens with two attached hydrogens (primary N) is 1. The van der Waals surface area contributed by atoms with Crippen LogP contribution in [0.4, 0.5) is 0 Å². The summed E-state index contributed by atoms with van der Waals surface area (Å²) in [5.74, 6) is 0.847. The number of hydrogen-bond donors (Lipinski definition) is 1. The molecule has 0 bridgehead atoms. The number of unbranched alkanes of at least 4 members (excludes halogenated alkanes) is 1. The summed E-state index contributed by atoms with van der Waals surface area (Å²) < 4.78 is 10.8. The fraction of sp³-hybridized carbons (Fsp3) is 0.538. The Hall–Kier alpha value is -1.06. The van der Waals surface area contributed by atoms with E-state index in [1.165, 1.54) is 0 Å². The normalized spacial score (nSPS) is 10.4. The van der Waals surface area contributed by atoms with E-state index < -0.39 is 0 Å². The Balaban J connectivity index is 2.54. The van der Waals surface area contributed by atoms with Crippen LogP contribution in [-0.4, -0.2) is 13.7 Å². The fourth-order valence-corrected chi connectivity index (χ4v) is 1.52. The molecule has 0 aliphatic heterocycles. The van der Waals surface area contributed by atoms with Crippen LogP contribution in [-0.2, 0) is 17.9 Å². The van der Waals surface area contributed by atoms with Crippen molar-refractivity contribution in [2.24, 2.45) is 5.73 Å². The molecule has 0 saturated carbocycles. The Bertz CT molecular complexity index is 313. The topological polar surface area (TPSA) is 44.5 Å². The first-order chi connectivity index (χ1) is 7.81. The molecule has 0 saturated heterocycles. The molecule has 0 aromatic heterocycles. The van der Waals surface area contributed by atoms with Crippen molar-refractivity contribution >= 4 is 0 Å². The highest BCUT2D eigenvalue weighted by Gasteiger charge is 2.02. The summed E-state index contributed by atoms with van der Waals surface area (Å²) in [6.07, 6.45) is 2.27. The predicted molar refractivity (Wildman–Crippen MR) is 65.4 cm³/mol. The summed E-state index contributed by atoms with van der Waals surface area (Å²) in [6, 6.07) is 6.01. The molecule has 1 aromatic carbocycles. The minimum atomic E-state index is 0.492. The van der Waals surface area contributed by atoms with Crippen LogP contribution < -0.4 is 10.5 Å². The first-order valence-electron chi connectivity index (χ1n) is 5.75. The van der Waals surface area contributed by atoms with E-state index in [-0.39, 0.29) is 0 Å². The lowest BCUT2D eigenvalue weighted by molar-refractivity contribution is 0.118. The Kier molecular flexibility index (Phi) is 5.90. The van der Waals surface area contributed by atoms with Gasteiger partial charge in [0.1, 0.15) is 5.75 Å². The molecule has 1 rings (SSSR count). The summed E-state index contributed by atoms with van der Waals surface area (Å²) in [7, 11) is 1.66. The van der Waals surface area contributed by atoms with Gasteiger partial charge in [0, 0.05) is 18.7 Å². The van der Waals surface area contributed by atoms with Gasteiger partial charge in [-0.05, 0) is 24.1 Å². The van der Waals surface area contributed by atoms with Crippen molar-refractivity contribution < 1.29 is 9.47 Å². The Morgan fingerprint density at radius 1 is 1.31 bits per heavy atom. The number of ether oxygens (including phenoxy) is 2. The number of methoxy groups -OCH3 is 1. The lowest BCUT2D eigenvalue weighted by Gasteiger charge is -2.09. The molecule has 0 aliphatic carbocycles. The molecule has 16 heavy (non-hydrogen) atoms. The fourth-order valence-electron chi connectivity index (χ4n) is 1.52. The van der Waals surface area contributed by atoms with Crippen molar-refractivity contribution in [2.45, 2.75) is 32.9 Å². The average molecular weight is 223 g/mol. The maximum absolute atomic E-state index is 5.65. The van der Waals surface area contributed by atoms with E-state index in [1.54, 1.807) is 7.11 Å². The molecular formula is C13H21NO2. The van der Waals surface area contributed by atoms with Crippen LogP contribution in [0.15, 0.2) is 18.2 Å². The molecule has 90 valence electrons. The summed E-state index contributed by atoms with van der Waals surface area (Å²) in [4.78, 5) is 0. The second-order valence-corrected chi connectivity index (χ2v) is 3.76. The van der Waals surface area contributed by atoms with Crippen molar-refractivity contribution in [3.63, 3.8) is 0 Å². The first-order valence-corrected chi connectivity index (χ1v) is 5.75. The van der Waals surface area contributed by atoms with Gasteiger partial charge in [-0.15, -0.1) is 0 Å². The molecule has 0 aliphatic rings. The van der Waals surface area contributed by atoms with Crippen LogP contribution in [0.1, 0.15) is 30.9 Å². The SMILES string of the molecule is CCCCOCc1ccc(OC)c(CN)c1. The highest BCUT2D eigenvalue weighted by molar-refractivity contribution is 5.36. The van der Waals surface area contributed by atoms with E-state index in [1.807, 2.05) is 18.2 Å². The largest absolute Gasteiger partial charge is 0.496 e. The molecule has 3 nitrogen and oxygen atoms in total. The molecule has 0 unspecified atom stereocenters.